The van der Waals surface area contributed by atoms with Crippen LogP contribution in [0.5, 0.6) is 0 Å². The molecule has 0 atom stereocenters. The predicted molar refractivity (Wildman–Crippen MR) is 138 cm³/mol. The molecule has 3 N–H and O–H groups in total. The maximum atomic E-state index is 12.8. The van der Waals surface area contributed by atoms with Crippen molar-refractivity contribution < 1.29 is 22.4 Å². The third-order valence-electron chi connectivity index (χ3n) is 6.79. The summed E-state index contributed by atoms with van der Waals surface area (Å²) in [6, 6.07) is 17.3. The lowest BCUT2D eigenvalue weighted by molar-refractivity contribution is 0.100. The third-order valence-corrected chi connectivity index (χ3v) is 8.63. The van der Waals surface area contributed by atoms with Crippen LogP contribution in [0.2, 0.25) is 0 Å². The van der Waals surface area contributed by atoms with Crippen LogP contribution < -0.4 is 5.73 Å². The second-order valence-corrected chi connectivity index (χ2v) is 11.1. The summed E-state index contributed by atoms with van der Waals surface area (Å²) < 4.78 is 37.9. The van der Waals surface area contributed by atoms with E-state index in [1.54, 1.807) is 22.7 Å². The number of nitrogens with one attached hydrogen (secondary N) is 1. The minimum Gasteiger partial charge on any atom is -0.467 e. The van der Waals surface area contributed by atoms with Gasteiger partial charge in [-0.15, -0.1) is 0 Å². The highest BCUT2D eigenvalue weighted by Gasteiger charge is 2.30. The molecule has 36 heavy (non-hydrogen) atoms. The zero-order valence-electron chi connectivity index (χ0n) is 19.9. The Morgan fingerprint density at radius 2 is 1.86 bits per heavy atom. The smallest absolute Gasteiger partial charge is 0.250 e. The maximum Gasteiger partial charge on any atom is 0.250 e. The zero-order chi connectivity index (χ0) is 25.1. The number of aromatic amines is 1. The number of fused-ring (bicyclic) bond motifs is 1. The molecule has 1 aliphatic heterocycles. The first-order chi connectivity index (χ1) is 17.4. The van der Waals surface area contributed by atoms with Gasteiger partial charge in [-0.2, -0.15) is 0 Å². The van der Waals surface area contributed by atoms with Gasteiger partial charge < -0.3 is 19.9 Å². The standard InChI is InChI=1S/C27H29N3O5S/c28-27(31)24-16-21(19-5-2-1-3-6-19)15-23-25(17-29-26(23)24)20-8-10-30(11-9-20)36(32,33)14-13-34-18-22-7-4-12-35-22/h1-7,12,15-17,20,29H,8-11,13-14,18H2,(H2,28,31). The quantitative estimate of drug-likeness (QED) is 0.328. The molecule has 8 nitrogen and oxygen atoms in total. The molecule has 0 unspecified atom stereocenters. The summed E-state index contributed by atoms with van der Waals surface area (Å²) in [5.74, 6) is 0.295. The molecule has 0 saturated carbocycles. The highest BCUT2D eigenvalue weighted by atomic mass is 32.2. The Balaban J connectivity index is 1.29. The van der Waals surface area contributed by atoms with E-state index in [1.165, 1.54) is 0 Å². The Labute approximate surface area is 210 Å². The zero-order valence-corrected chi connectivity index (χ0v) is 20.7. The van der Waals surface area contributed by atoms with Crippen molar-refractivity contribution in [3.05, 3.63) is 83.9 Å². The largest absolute Gasteiger partial charge is 0.467 e. The van der Waals surface area contributed by atoms with Gasteiger partial charge in [0.05, 0.1) is 29.7 Å². The summed E-state index contributed by atoms with van der Waals surface area (Å²) >= 11 is 0. The van der Waals surface area contributed by atoms with Crippen molar-refractivity contribution in [2.75, 3.05) is 25.4 Å². The SMILES string of the molecule is NC(=O)c1cc(-c2ccccc2)cc2c(C3CCN(S(=O)(=O)CCOCc4ccco4)CC3)c[nH]c12. The Bertz CT molecular complexity index is 1440. The Kier molecular flexibility index (Phi) is 6.95. The number of carbonyl (C=O) groups is 1. The second kappa shape index (κ2) is 10.3. The van der Waals surface area contributed by atoms with E-state index >= 15 is 0 Å². The van der Waals surface area contributed by atoms with Crippen LogP contribution in [0.25, 0.3) is 22.0 Å². The van der Waals surface area contributed by atoms with E-state index < -0.39 is 15.9 Å². The van der Waals surface area contributed by atoms with Crippen molar-refractivity contribution in [3.8, 4) is 11.1 Å². The maximum absolute atomic E-state index is 12.8. The van der Waals surface area contributed by atoms with E-state index in [0.717, 1.165) is 27.6 Å². The molecule has 9 heteroatoms. The van der Waals surface area contributed by atoms with Crippen LogP contribution >= 0.6 is 0 Å². The number of amides is 1. The fourth-order valence-electron chi connectivity index (χ4n) is 4.89. The highest BCUT2D eigenvalue weighted by molar-refractivity contribution is 7.89. The average molecular weight is 508 g/mol. The van der Waals surface area contributed by atoms with Gasteiger partial charge in [-0.25, -0.2) is 12.7 Å². The number of nitrogens with two attached hydrogens (primary N) is 1. The molecule has 2 aromatic heterocycles. The van der Waals surface area contributed by atoms with Gasteiger partial charge in [0.2, 0.25) is 10.0 Å². The van der Waals surface area contributed by atoms with Crippen LogP contribution in [0.1, 0.15) is 40.4 Å². The second-order valence-electron chi connectivity index (χ2n) is 9.04. The number of primary amides is 1. The van der Waals surface area contributed by atoms with Gasteiger partial charge >= 0.3 is 0 Å². The molecule has 2 aromatic carbocycles. The summed E-state index contributed by atoms with van der Waals surface area (Å²) in [4.78, 5) is 15.5. The lowest BCUT2D eigenvalue weighted by Crippen LogP contribution is -2.40. The van der Waals surface area contributed by atoms with Gasteiger partial charge in [0.15, 0.2) is 0 Å². The molecule has 1 fully saturated rings. The minimum atomic E-state index is -3.41. The fourth-order valence-corrected chi connectivity index (χ4v) is 6.24. The van der Waals surface area contributed by atoms with E-state index in [1.807, 2.05) is 42.6 Å². The molecule has 1 aliphatic rings. The minimum absolute atomic E-state index is 0.0616. The normalized spacial score (nSPS) is 15.4. The number of ether oxygens (including phenoxy) is 1. The number of carbonyl (C=O) groups excluding carboxylic acids is 1. The van der Waals surface area contributed by atoms with E-state index in [0.29, 0.717) is 37.3 Å². The topological polar surface area (TPSA) is 119 Å². The Hall–Kier alpha value is -3.40. The molecule has 1 saturated heterocycles. The number of rotatable bonds is 9. The number of hydrogen-bond donors (Lipinski definition) is 2. The monoisotopic (exact) mass is 507 g/mol. The molecule has 5 rings (SSSR count). The molecular weight excluding hydrogens is 478 g/mol. The van der Waals surface area contributed by atoms with Gasteiger partial charge in [0.1, 0.15) is 12.4 Å². The van der Waals surface area contributed by atoms with Crippen LogP contribution in [0.15, 0.2) is 71.5 Å². The number of nitrogens with zero attached hydrogens (tertiary/aromatic N) is 1. The van der Waals surface area contributed by atoms with Crippen molar-refractivity contribution in [2.24, 2.45) is 5.73 Å². The van der Waals surface area contributed by atoms with Crippen molar-refractivity contribution in [1.29, 1.82) is 0 Å². The van der Waals surface area contributed by atoms with Crippen LogP contribution in [0.3, 0.4) is 0 Å². The van der Waals surface area contributed by atoms with Crippen molar-refractivity contribution in [3.63, 3.8) is 0 Å². The lowest BCUT2D eigenvalue weighted by Gasteiger charge is -2.31. The van der Waals surface area contributed by atoms with E-state index in [-0.39, 0.29) is 24.9 Å². The number of H-pyrrole nitrogens is 1. The molecule has 0 bridgehead atoms. The van der Waals surface area contributed by atoms with Crippen molar-refractivity contribution >= 4 is 26.8 Å². The van der Waals surface area contributed by atoms with E-state index in [9.17, 15) is 13.2 Å². The van der Waals surface area contributed by atoms with Gasteiger partial charge in [-0.1, -0.05) is 30.3 Å². The first kappa shape index (κ1) is 24.3. The molecule has 0 radical (unpaired) electrons. The van der Waals surface area contributed by atoms with Crippen LogP contribution in [-0.4, -0.2) is 49.1 Å². The van der Waals surface area contributed by atoms with Crippen LogP contribution in [0.4, 0.5) is 0 Å². The van der Waals surface area contributed by atoms with Gasteiger partial charge in [-0.05, 0) is 59.7 Å². The summed E-state index contributed by atoms with van der Waals surface area (Å²) in [5, 5.41) is 0.956. The number of hydrogen-bond acceptors (Lipinski definition) is 5. The molecule has 3 heterocycles. The Morgan fingerprint density at radius 1 is 1.08 bits per heavy atom. The van der Waals surface area contributed by atoms with Crippen molar-refractivity contribution in [2.45, 2.75) is 25.4 Å². The fraction of sp³-hybridized carbons (Fsp3) is 0.296. The first-order valence-electron chi connectivity index (χ1n) is 12.0. The van der Waals surface area contributed by atoms with Gasteiger partial charge in [0.25, 0.3) is 5.91 Å². The number of benzene rings is 2. The number of aromatic nitrogens is 1. The lowest BCUT2D eigenvalue weighted by atomic mass is 9.88. The summed E-state index contributed by atoms with van der Waals surface area (Å²) in [6.07, 6.45) is 4.88. The van der Waals surface area contributed by atoms with Gasteiger partial charge in [-0.3, -0.25) is 4.79 Å². The molecule has 4 aromatic rings. The molecular formula is C27H29N3O5S. The van der Waals surface area contributed by atoms with Crippen LogP contribution in [0, 0.1) is 0 Å². The average Bonchev–Trinajstić information content (AvgIpc) is 3.57. The number of furan rings is 1. The van der Waals surface area contributed by atoms with Crippen molar-refractivity contribution in [1.82, 2.24) is 9.29 Å². The summed E-state index contributed by atoms with van der Waals surface area (Å²) in [5.41, 5.74) is 9.90. The van der Waals surface area contributed by atoms with E-state index in [2.05, 4.69) is 11.1 Å². The summed E-state index contributed by atoms with van der Waals surface area (Å²) in [7, 11) is -3.41. The Morgan fingerprint density at radius 3 is 2.56 bits per heavy atom. The highest BCUT2D eigenvalue weighted by Crippen LogP contribution is 2.37. The predicted octanol–water partition coefficient (Wildman–Crippen LogP) is 4.25. The number of piperidine rings is 1. The molecule has 0 aliphatic carbocycles. The molecule has 1 amide bonds. The van der Waals surface area contributed by atoms with Gasteiger partial charge in [0, 0.05) is 24.7 Å². The van der Waals surface area contributed by atoms with Crippen LogP contribution in [-0.2, 0) is 21.4 Å². The number of sulfonamides is 1. The molecule has 0 spiro atoms. The molecule has 188 valence electrons. The first-order valence-corrected chi connectivity index (χ1v) is 13.6. The summed E-state index contributed by atoms with van der Waals surface area (Å²) in [6.45, 7) is 1.25. The third kappa shape index (κ3) is 5.09. The van der Waals surface area contributed by atoms with E-state index in [4.69, 9.17) is 14.9 Å².